The van der Waals surface area contributed by atoms with Crippen LogP contribution in [0.2, 0.25) is 6.04 Å². The van der Waals surface area contributed by atoms with Crippen molar-refractivity contribution in [2.24, 2.45) is 0 Å². The predicted molar refractivity (Wildman–Crippen MR) is 118 cm³/mol. The number of carbonyl (C=O) groups is 2. The molecular weight excluding hydrogens is 406 g/mol. The molecule has 0 aliphatic carbocycles. The van der Waals surface area contributed by atoms with Crippen molar-refractivity contribution in [1.82, 2.24) is 4.90 Å². The Morgan fingerprint density at radius 3 is 1.40 bits per heavy atom. The second-order valence-electron chi connectivity index (χ2n) is 6.74. The maximum Gasteiger partial charge on any atom is 0.500 e. The zero-order valence-corrected chi connectivity index (χ0v) is 20.7. The zero-order chi connectivity index (χ0) is 22.7. The van der Waals surface area contributed by atoms with Crippen LogP contribution in [0.15, 0.2) is 0 Å². The molecule has 0 radical (unpaired) electrons. The quantitative estimate of drug-likeness (QED) is 0.207. The molecule has 30 heavy (non-hydrogen) atoms. The summed E-state index contributed by atoms with van der Waals surface area (Å²) in [6.45, 7) is 14.4. The van der Waals surface area contributed by atoms with Crippen molar-refractivity contribution in [3.63, 3.8) is 0 Å². The highest BCUT2D eigenvalue weighted by atomic mass is 28.4. The van der Waals surface area contributed by atoms with Crippen molar-refractivity contribution in [3.05, 3.63) is 0 Å². The SMILES string of the molecule is CCOC(=O)CCCN(CCCC(=O)OCC)CCC[Si](OCC)(OCC)OCC. The minimum absolute atomic E-state index is 0.167. The van der Waals surface area contributed by atoms with Gasteiger partial charge in [-0.1, -0.05) is 0 Å². The molecule has 0 aliphatic heterocycles. The molecule has 0 saturated heterocycles. The molecule has 0 heterocycles. The molecule has 0 aromatic carbocycles. The summed E-state index contributed by atoms with van der Waals surface area (Å²) in [6, 6.07) is 0.745. The summed E-state index contributed by atoms with van der Waals surface area (Å²) in [5, 5.41) is 0. The molecule has 0 atom stereocenters. The summed E-state index contributed by atoms with van der Waals surface area (Å²) in [4.78, 5) is 25.5. The van der Waals surface area contributed by atoms with E-state index in [1.165, 1.54) is 0 Å². The first-order valence-corrected chi connectivity index (χ1v) is 13.3. The Labute approximate surface area is 183 Å². The lowest BCUT2D eigenvalue weighted by Gasteiger charge is -2.29. The van der Waals surface area contributed by atoms with E-state index in [4.69, 9.17) is 22.8 Å². The summed E-state index contributed by atoms with van der Waals surface area (Å²) in [5.74, 6) is -0.334. The summed E-state index contributed by atoms with van der Waals surface area (Å²) in [6.07, 6.45) is 3.12. The van der Waals surface area contributed by atoms with Gasteiger partial charge in [-0.2, -0.15) is 0 Å². The van der Waals surface area contributed by atoms with Crippen LogP contribution in [0.5, 0.6) is 0 Å². The van der Waals surface area contributed by atoms with Crippen molar-refractivity contribution in [2.75, 3.05) is 52.7 Å². The van der Waals surface area contributed by atoms with E-state index in [1.54, 1.807) is 0 Å². The molecule has 0 saturated carbocycles. The third-order valence-corrected chi connectivity index (χ3v) is 7.52. The van der Waals surface area contributed by atoms with Gasteiger partial charge in [0.05, 0.1) is 13.2 Å². The third-order valence-electron chi connectivity index (χ3n) is 4.37. The Hall–Kier alpha value is -1.00. The van der Waals surface area contributed by atoms with Crippen molar-refractivity contribution < 1.29 is 32.3 Å². The molecule has 0 bridgehead atoms. The van der Waals surface area contributed by atoms with E-state index < -0.39 is 8.80 Å². The van der Waals surface area contributed by atoms with Crippen LogP contribution in [-0.4, -0.2) is 78.3 Å². The second-order valence-corrected chi connectivity index (χ2v) is 9.48. The lowest BCUT2D eigenvalue weighted by Crippen LogP contribution is -2.46. The number of esters is 2. The maximum absolute atomic E-state index is 11.6. The molecule has 0 unspecified atom stereocenters. The minimum atomic E-state index is -2.66. The van der Waals surface area contributed by atoms with E-state index in [-0.39, 0.29) is 11.9 Å². The van der Waals surface area contributed by atoms with E-state index in [9.17, 15) is 9.59 Å². The molecule has 0 amide bonds. The lowest BCUT2D eigenvalue weighted by molar-refractivity contribution is -0.144. The highest BCUT2D eigenvalue weighted by molar-refractivity contribution is 6.60. The van der Waals surface area contributed by atoms with Gasteiger partial charge in [0.15, 0.2) is 0 Å². The molecule has 0 spiro atoms. The van der Waals surface area contributed by atoms with Crippen molar-refractivity contribution in [3.8, 4) is 0 Å². The van der Waals surface area contributed by atoms with Gasteiger partial charge in [-0.25, -0.2) is 0 Å². The van der Waals surface area contributed by atoms with Gasteiger partial charge in [-0.05, 0) is 73.5 Å². The van der Waals surface area contributed by atoms with Gasteiger partial charge in [0, 0.05) is 38.7 Å². The zero-order valence-electron chi connectivity index (χ0n) is 19.7. The molecular formula is C21H43NO7Si. The van der Waals surface area contributed by atoms with Crippen LogP contribution in [0.1, 0.15) is 66.7 Å². The van der Waals surface area contributed by atoms with Crippen molar-refractivity contribution in [1.29, 1.82) is 0 Å². The van der Waals surface area contributed by atoms with E-state index in [1.807, 2.05) is 34.6 Å². The maximum atomic E-state index is 11.6. The van der Waals surface area contributed by atoms with Gasteiger partial charge in [0.25, 0.3) is 0 Å². The van der Waals surface area contributed by atoms with Crippen LogP contribution in [0.3, 0.4) is 0 Å². The van der Waals surface area contributed by atoms with Crippen LogP contribution in [0.25, 0.3) is 0 Å². The molecule has 0 rings (SSSR count). The molecule has 0 aromatic rings. The first kappa shape index (κ1) is 29.0. The fourth-order valence-electron chi connectivity index (χ4n) is 3.22. The molecule has 8 nitrogen and oxygen atoms in total. The molecule has 0 fully saturated rings. The Bertz CT molecular complexity index is 410. The monoisotopic (exact) mass is 449 g/mol. The number of carbonyl (C=O) groups excluding carboxylic acids is 2. The molecule has 0 N–H and O–H groups in total. The number of hydrogen-bond acceptors (Lipinski definition) is 8. The number of nitrogens with zero attached hydrogens (tertiary/aromatic N) is 1. The molecule has 0 aliphatic rings. The van der Waals surface area contributed by atoms with Crippen LogP contribution < -0.4 is 0 Å². The van der Waals surface area contributed by atoms with E-state index >= 15 is 0 Å². The van der Waals surface area contributed by atoms with Gasteiger partial charge in [0.2, 0.25) is 0 Å². The van der Waals surface area contributed by atoms with E-state index in [2.05, 4.69) is 4.90 Å². The molecule has 9 heteroatoms. The third kappa shape index (κ3) is 14.1. The van der Waals surface area contributed by atoms with Crippen LogP contribution >= 0.6 is 0 Å². The predicted octanol–water partition coefficient (Wildman–Crippen LogP) is 3.41. The highest BCUT2D eigenvalue weighted by Gasteiger charge is 2.39. The summed E-state index contributed by atoms with van der Waals surface area (Å²) >= 11 is 0. The lowest BCUT2D eigenvalue weighted by atomic mass is 10.2. The van der Waals surface area contributed by atoms with Crippen LogP contribution in [-0.2, 0) is 32.3 Å². The number of ether oxygens (including phenoxy) is 2. The van der Waals surface area contributed by atoms with Gasteiger partial charge in [-0.3, -0.25) is 9.59 Å². The summed E-state index contributed by atoms with van der Waals surface area (Å²) < 4.78 is 27.8. The van der Waals surface area contributed by atoms with Crippen LogP contribution in [0.4, 0.5) is 0 Å². The Morgan fingerprint density at radius 1 is 0.633 bits per heavy atom. The Kier molecular flexibility index (Phi) is 18.1. The minimum Gasteiger partial charge on any atom is -0.466 e. The molecule has 178 valence electrons. The van der Waals surface area contributed by atoms with Crippen molar-refractivity contribution in [2.45, 2.75) is 72.8 Å². The highest BCUT2D eigenvalue weighted by Crippen LogP contribution is 2.19. The standard InChI is InChI=1S/C21H43NO7Si/c1-6-25-20(23)14-11-16-22(17-12-15-21(24)26-7-2)18-13-19-30(27-8-3,28-9-4)29-10-5/h6-19H2,1-5H3. The largest absolute Gasteiger partial charge is 0.500 e. The fourth-order valence-corrected chi connectivity index (χ4v) is 5.81. The molecule has 0 aromatic heterocycles. The van der Waals surface area contributed by atoms with Crippen molar-refractivity contribution >= 4 is 20.7 Å². The van der Waals surface area contributed by atoms with E-state index in [0.29, 0.717) is 45.9 Å². The van der Waals surface area contributed by atoms with E-state index in [0.717, 1.165) is 44.9 Å². The summed E-state index contributed by atoms with van der Waals surface area (Å²) in [7, 11) is -2.66. The van der Waals surface area contributed by atoms with Gasteiger partial charge in [-0.15, -0.1) is 0 Å². The topological polar surface area (TPSA) is 83.5 Å². The average molecular weight is 450 g/mol. The fraction of sp³-hybridized carbons (Fsp3) is 0.905. The van der Waals surface area contributed by atoms with Gasteiger partial charge < -0.3 is 27.7 Å². The smallest absolute Gasteiger partial charge is 0.466 e. The second kappa shape index (κ2) is 18.7. The van der Waals surface area contributed by atoms with Gasteiger partial charge in [0.1, 0.15) is 0 Å². The Balaban J connectivity index is 4.69. The number of hydrogen-bond donors (Lipinski definition) is 0. The Morgan fingerprint density at radius 2 is 1.03 bits per heavy atom. The first-order valence-electron chi connectivity index (χ1n) is 11.4. The first-order chi connectivity index (χ1) is 14.5. The summed E-state index contributed by atoms with van der Waals surface area (Å²) in [5.41, 5.74) is 0. The van der Waals surface area contributed by atoms with Gasteiger partial charge >= 0.3 is 20.7 Å². The van der Waals surface area contributed by atoms with Crippen LogP contribution in [0, 0.1) is 0 Å². The normalized spacial score (nSPS) is 11.7. The average Bonchev–Trinajstić information content (AvgIpc) is 2.68. The number of rotatable bonds is 20.